The molecule has 2 fully saturated rings. The van der Waals surface area contributed by atoms with Gasteiger partial charge in [-0.2, -0.15) is 0 Å². The van der Waals surface area contributed by atoms with Crippen molar-refractivity contribution in [3.63, 3.8) is 0 Å². The number of benzene rings is 1. The van der Waals surface area contributed by atoms with E-state index in [1.165, 1.54) is 44.5 Å². The zero-order valence-corrected chi connectivity index (χ0v) is 11.1. The van der Waals surface area contributed by atoms with E-state index in [4.69, 9.17) is 0 Å². The van der Waals surface area contributed by atoms with Crippen molar-refractivity contribution < 1.29 is 0 Å². The summed E-state index contributed by atoms with van der Waals surface area (Å²) in [6.07, 6.45) is 5.46. The van der Waals surface area contributed by atoms with Gasteiger partial charge >= 0.3 is 0 Å². The van der Waals surface area contributed by atoms with E-state index in [1.54, 1.807) is 0 Å². The monoisotopic (exact) mass is 244 g/mol. The van der Waals surface area contributed by atoms with Crippen LogP contribution in [0.5, 0.6) is 0 Å². The summed E-state index contributed by atoms with van der Waals surface area (Å²) < 4.78 is 0. The Morgan fingerprint density at radius 2 is 1.94 bits per heavy atom. The number of hydrogen-bond acceptors (Lipinski definition) is 2. The second-order valence-electron chi connectivity index (χ2n) is 5.82. The van der Waals surface area contributed by atoms with Crippen molar-refractivity contribution in [1.29, 1.82) is 0 Å². The van der Waals surface area contributed by atoms with Crippen molar-refractivity contribution in [2.45, 2.75) is 31.7 Å². The summed E-state index contributed by atoms with van der Waals surface area (Å²) in [4.78, 5) is 2.70. The van der Waals surface area contributed by atoms with Crippen molar-refractivity contribution in [2.75, 3.05) is 26.2 Å². The van der Waals surface area contributed by atoms with Gasteiger partial charge in [-0.1, -0.05) is 30.3 Å². The lowest BCUT2D eigenvalue weighted by Gasteiger charge is -2.15. The molecule has 0 amide bonds. The lowest BCUT2D eigenvalue weighted by molar-refractivity contribution is 0.312. The van der Waals surface area contributed by atoms with Crippen LogP contribution in [0, 0.1) is 5.92 Å². The van der Waals surface area contributed by atoms with E-state index >= 15 is 0 Å². The molecule has 0 bridgehead atoms. The fraction of sp³-hybridized carbons (Fsp3) is 0.625. The van der Waals surface area contributed by atoms with Gasteiger partial charge in [-0.3, -0.25) is 0 Å². The third-order valence-electron chi connectivity index (χ3n) is 4.25. The average Bonchev–Trinajstić information content (AvgIpc) is 3.16. The summed E-state index contributed by atoms with van der Waals surface area (Å²) in [5.74, 6) is 0.890. The number of likely N-dealkylation sites (tertiary alicyclic amines) is 1. The third-order valence-corrected chi connectivity index (χ3v) is 4.25. The second-order valence-corrected chi connectivity index (χ2v) is 5.82. The van der Waals surface area contributed by atoms with Gasteiger partial charge in [0.25, 0.3) is 0 Å². The molecule has 1 N–H and O–H groups in total. The summed E-state index contributed by atoms with van der Waals surface area (Å²) >= 11 is 0. The number of nitrogens with zero attached hydrogens (tertiary/aromatic N) is 1. The van der Waals surface area contributed by atoms with Gasteiger partial charge in [-0.15, -0.1) is 0 Å². The molecular weight excluding hydrogens is 220 g/mol. The fourth-order valence-corrected chi connectivity index (χ4v) is 2.98. The maximum Gasteiger partial charge on any atom is 0.00965 e. The fourth-order valence-electron chi connectivity index (χ4n) is 2.98. The SMILES string of the molecule is c1ccc(CCNCC2CCN(C3CC3)C2)cc1. The molecule has 1 atom stereocenters. The zero-order chi connectivity index (χ0) is 12.2. The normalized spacial score (nSPS) is 24.6. The van der Waals surface area contributed by atoms with Crippen molar-refractivity contribution in [2.24, 2.45) is 5.92 Å². The van der Waals surface area contributed by atoms with Crippen LogP contribution in [0.2, 0.25) is 0 Å². The largest absolute Gasteiger partial charge is 0.316 e. The molecule has 1 aliphatic heterocycles. The average molecular weight is 244 g/mol. The molecule has 1 aromatic carbocycles. The molecule has 1 heterocycles. The van der Waals surface area contributed by atoms with E-state index in [0.717, 1.165) is 24.9 Å². The minimum Gasteiger partial charge on any atom is -0.316 e. The number of hydrogen-bond donors (Lipinski definition) is 1. The highest BCUT2D eigenvalue weighted by Gasteiger charge is 2.33. The van der Waals surface area contributed by atoms with Crippen molar-refractivity contribution in [3.8, 4) is 0 Å². The highest BCUT2D eigenvalue weighted by atomic mass is 15.2. The molecule has 1 aromatic rings. The molecule has 98 valence electrons. The maximum absolute atomic E-state index is 3.63. The first-order valence-corrected chi connectivity index (χ1v) is 7.40. The first-order valence-electron chi connectivity index (χ1n) is 7.40. The molecule has 2 aliphatic rings. The van der Waals surface area contributed by atoms with Crippen LogP contribution in [0.15, 0.2) is 30.3 Å². The van der Waals surface area contributed by atoms with Crippen molar-refractivity contribution in [3.05, 3.63) is 35.9 Å². The summed E-state index contributed by atoms with van der Waals surface area (Å²) in [7, 11) is 0. The topological polar surface area (TPSA) is 15.3 Å². The Kier molecular flexibility index (Phi) is 3.96. The third kappa shape index (κ3) is 3.33. The van der Waals surface area contributed by atoms with Gasteiger partial charge in [0.1, 0.15) is 0 Å². The molecule has 1 saturated heterocycles. The van der Waals surface area contributed by atoms with Gasteiger partial charge in [-0.05, 0) is 56.8 Å². The number of nitrogens with one attached hydrogen (secondary N) is 1. The molecule has 3 rings (SSSR count). The molecule has 1 unspecified atom stereocenters. The Morgan fingerprint density at radius 3 is 2.72 bits per heavy atom. The minimum atomic E-state index is 0.890. The molecule has 1 aliphatic carbocycles. The lowest BCUT2D eigenvalue weighted by atomic mass is 10.1. The van der Waals surface area contributed by atoms with E-state index in [-0.39, 0.29) is 0 Å². The summed E-state index contributed by atoms with van der Waals surface area (Å²) in [5, 5.41) is 3.63. The molecular formula is C16H24N2. The quantitative estimate of drug-likeness (QED) is 0.773. The molecule has 2 nitrogen and oxygen atoms in total. The van der Waals surface area contributed by atoms with E-state index in [2.05, 4.69) is 40.5 Å². The molecule has 0 spiro atoms. The molecule has 0 radical (unpaired) electrons. The van der Waals surface area contributed by atoms with Crippen LogP contribution in [0.1, 0.15) is 24.8 Å². The predicted molar refractivity (Wildman–Crippen MR) is 75.7 cm³/mol. The zero-order valence-electron chi connectivity index (χ0n) is 11.1. The van der Waals surface area contributed by atoms with Gasteiger partial charge in [0.05, 0.1) is 0 Å². The predicted octanol–water partition coefficient (Wildman–Crippen LogP) is 2.30. The van der Waals surface area contributed by atoms with Gasteiger partial charge in [0.2, 0.25) is 0 Å². The summed E-state index contributed by atoms with van der Waals surface area (Å²) in [6.45, 7) is 5.00. The van der Waals surface area contributed by atoms with Crippen LogP contribution in [-0.4, -0.2) is 37.1 Å². The Hall–Kier alpha value is -0.860. The Labute approximate surface area is 110 Å². The Bertz CT molecular complexity index is 359. The standard InChI is InChI=1S/C16H24N2/c1-2-4-14(5-3-1)8-10-17-12-15-9-11-18(13-15)16-6-7-16/h1-5,15-17H,6-13H2. The summed E-state index contributed by atoms with van der Waals surface area (Å²) in [6, 6.07) is 11.7. The molecule has 2 heteroatoms. The lowest BCUT2D eigenvalue weighted by Crippen LogP contribution is -2.28. The van der Waals surface area contributed by atoms with E-state index < -0.39 is 0 Å². The maximum atomic E-state index is 3.63. The molecule has 1 saturated carbocycles. The molecule has 0 aromatic heterocycles. The highest BCUT2D eigenvalue weighted by molar-refractivity contribution is 5.14. The van der Waals surface area contributed by atoms with E-state index in [9.17, 15) is 0 Å². The Morgan fingerprint density at radius 1 is 1.11 bits per heavy atom. The van der Waals surface area contributed by atoms with Crippen LogP contribution >= 0.6 is 0 Å². The van der Waals surface area contributed by atoms with Crippen LogP contribution in [0.3, 0.4) is 0 Å². The minimum absolute atomic E-state index is 0.890. The first kappa shape index (κ1) is 12.2. The van der Waals surface area contributed by atoms with Crippen LogP contribution in [0.4, 0.5) is 0 Å². The van der Waals surface area contributed by atoms with Crippen molar-refractivity contribution >= 4 is 0 Å². The van der Waals surface area contributed by atoms with Gasteiger partial charge in [0, 0.05) is 12.6 Å². The van der Waals surface area contributed by atoms with Crippen molar-refractivity contribution in [1.82, 2.24) is 10.2 Å². The number of rotatable bonds is 6. The molecule has 18 heavy (non-hydrogen) atoms. The smallest absolute Gasteiger partial charge is 0.00965 e. The van der Waals surface area contributed by atoms with E-state index in [0.29, 0.717) is 0 Å². The van der Waals surface area contributed by atoms with Gasteiger partial charge in [0.15, 0.2) is 0 Å². The summed E-state index contributed by atoms with van der Waals surface area (Å²) in [5.41, 5.74) is 1.44. The Balaban J connectivity index is 1.31. The van der Waals surface area contributed by atoms with E-state index in [1.807, 2.05) is 0 Å². The van der Waals surface area contributed by atoms with Gasteiger partial charge in [-0.25, -0.2) is 0 Å². The highest BCUT2D eigenvalue weighted by Crippen LogP contribution is 2.31. The van der Waals surface area contributed by atoms with Gasteiger partial charge < -0.3 is 10.2 Å². The second kappa shape index (κ2) is 5.85. The van der Waals surface area contributed by atoms with Crippen LogP contribution in [-0.2, 0) is 6.42 Å². The van der Waals surface area contributed by atoms with Crippen LogP contribution in [0.25, 0.3) is 0 Å². The van der Waals surface area contributed by atoms with Crippen LogP contribution < -0.4 is 5.32 Å². The first-order chi connectivity index (χ1) is 8.92.